The van der Waals surface area contributed by atoms with Gasteiger partial charge in [-0.25, -0.2) is 0 Å². The molecule has 2 nitrogen and oxygen atoms in total. The Morgan fingerprint density at radius 1 is 1.17 bits per heavy atom. The van der Waals surface area contributed by atoms with E-state index in [4.69, 9.17) is 0 Å². The lowest BCUT2D eigenvalue weighted by molar-refractivity contribution is 1.07. The lowest BCUT2D eigenvalue weighted by Gasteiger charge is -1.87. The van der Waals surface area contributed by atoms with Crippen molar-refractivity contribution >= 4 is 12.4 Å². The van der Waals surface area contributed by atoms with Gasteiger partial charge in [-0.1, -0.05) is 0 Å². The fraction of sp³-hybridized carbons (Fsp3) is 0.250. The van der Waals surface area contributed by atoms with Gasteiger partial charge in [0.2, 0.25) is 0 Å². The molecule has 0 amide bonds. The zero-order valence-corrected chi connectivity index (χ0v) is 3.33. The van der Waals surface area contributed by atoms with E-state index in [-0.39, 0.29) is 0 Å². The molecule has 0 atom stereocenters. The largest absolute Gasteiger partial charge is 0.273 e. The van der Waals surface area contributed by atoms with Crippen molar-refractivity contribution in [1.29, 1.82) is 0 Å². The van der Waals surface area contributed by atoms with Gasteiger partial charge in [0.25, 0.3) is 0 Å². The summed E-state index contributed by atoms with van der Waals surface area (Å²) in [5, 5.41) is 0. The Morgan fingerprint density at radius 2 is 1.83 bits per heavy atom. The normalized spacial score (nSPS) is 18.7. The van der Waals surface area contributed by atoms with Crippen LogP contribution in [0.3, 0.4) is 0 Å². The Balaban J connectivity index is 2.40. The summed E-state index contributed by atoms with van der Waals surface area (Å²) >= 11 is 0. The molecule has 0 aromatic heterocycles. The summed E-state index contributed by atoms with van der Waals surface area (Å²) in [5.41, 5.74) is 0. The second-order valence-electron chi connectivity index (χ2n) is 0.997. The van der Waals surface area contributed by atoms with Crippen molar-refractivity contribution in [2.75, 3.05) is 6.67 Å². The van der Waals surface area contributed by atoms with Crippen LogP contribution in [-0.4, -0.2) is 19.1 Å². The third-order valence-electron chi connectivity index (χ3n) is 0.546. The summed E-state index contributed by atoms with van der Waals surface area (Å²) in [6.45, 7) is 0.608. The predicted octanol–water partition coefficient (Wildman–Crippen LogP) is 0.303. The smallest absolute Gasteiger partial charge is 0.128 e. The van der Waals surface area contributed by atoms with Gasteiger partial charge < -0.3 is 0 Å². The summed E-state index contributed by atoms with van der Waals surface area (Å²) in [6.07, 6.45) is 5.30. The highest BCUT2D eigenvalue weighted by Gasteiger charge is 1.77. The van der Waals surface area contributed by atoms with Crippen LogP contribution in [0.4, 0.5) is 0 Å². The van der Waals surface area contributed by atoms with Crippen molar-refractivity contribution < 1.29 is 0 Å². The first-order chi connectivity index (χ1) is 3.00. The van der Waals surface area contributed by atoms with Crippen LogP contribution < -0.4 is 0 Å². The highest BCUT2D eigenvalue weighted by atomic mass is 14.9. The molecule has 0 bridgehead atoms. The molecule has 31 valence electrons. The maximum absolute atomic E-state index is 3.80. The molecular formula is C4H5N2. The van der Waals surface area contributed by atoms with Gasteiger partial charge in [-0.3, -0.25) is 9.98 Å². The molecule has 0 N–H and O–H groups in total. The van der Waals surface area contributed by atoms with Crippen LogP contribution in [0.15, 0.2) is 9.98 Å². The standard InChI is InChI=1S/C4H5N2/c1-2-5-4-6-3-1/h1-3H,4H2. The zero-order valence-electron chi connectivity index (χ0n) is 3.33. The molecule has 0 spiro atoms. The molecule has 1 heterocycles. The minimum absolute atomic E-state index is 0.608. The summed E-state index contributed by atoms with van der Waals surface area (Å²) in [4.78, 5) is 7.60. The van der Waals surface area contributed by atoms with Gasteiger partial charge in [0, 0.05) is 18.9 Å². The first-order valence-electron chi connectivity index (χ1n) is 1.82. The average molecular weight is 81.1 g/mol. The third kappa shape index (κ3) is 0.641. The molecule has 0 saturated carbocycles. The van der Waals surface area contributed by atoms with Crippen molar-refractivity contribution in [3.05, 3.63) is 6.42 Å². The fourth-order valence-corrected chi connectivity index (χ4v) is 0.302. The second kappa shape index (κ2) is 1.70. The summed E-state index contributed by atoms with van der Waals surface area (Å²) in [6, 6.07) is 0. The van der Waals surface area contributed by atoms with Crippen molar-refractivity contribution in [2.45, 2.75) is 0 Å². The number of rotatable bonds is 0. The highest BCUT2D eigenvalue weighted by molar-refractivity contribution is 5.93. The van der Waals surface area contributed by atoms with Gasteiger partial charge in [-0.15, -0.1) is 0 Å². The average Bonchev–Trinajstić information content (AvgIpc) is 1.72. The fourth-order valence-electron chi connectivity index (χ4n) is 0.302. The molecule has 1 rings (SSSR count). The number of hydrogen-bond acceptors (Lipinski definition) is 2. The van der Waals surface area contributed by atoms with E-state index in [0.29, 0.717) is 6.67 Å². The van der Waals surface area contributed by atoms with Gasteiger partial charge in [0.1, 0.15) is 6.67 Å². The molecule has 0 saturated heterocycles. The molecular weight excluding hydrogens is 76.1 g/mol. The van der Waals surface area contributed by atoms with Crippen molar-refractivity contribution in [3.63, 3.8) is 0 Å². The molecule has 0 aliphatic carbocycles. The monoisotopic (exact) mass is 81.0 g/mol. The van der Waals surface area contributed by atoms with E-state index in [1.807, 2.05) is 6.42 Å². The van der Waals surface area contributed by atoms with Crippen LogP contribution in [-0.2, 0) is 0 Å². The molecule has 1 aliphatic heterocycles. The summed E-state index contributed by atoms with van der Waals surface area (Å²) in [5.74, 6) is 0. The lowest BCUT2D eigenvalue weighted by Crippen LogP contribution is -1.88. The molecule has 0 fully saturated rings. The summed E-state index contributed by atoms with van der Waals surface area (Å²) < 4.78 is 0. The molecule has 1 radical (unpaired) electrons. The first-order valence-corrected chi connectivity index (χ1v) is 1.82. The molecule has 0 aromatic carbocycles. The minimum atomic E-state index is 0.608. The maximum Gasteiger partial charge on any atom is 0.128 e. The Labute approximate surface area is 36.6 Å². The molecule has 0 unspecified atom stereocenters. The van der Waals surface area contributed by atoms with Gasteiger partial charge in [0.15, 0.2) is 0 Å². The van der Waals surface area contributed by atoms with Crippen molar-refractivity contribution in [2.24, 2.45) is 9.98 Å². The van der Waals surface area contributed by atoms with E-state index in [2.05, 4.69) is 9.98 Å². The number of hydrogen-bond donors (Lipinski definition) is 0. The quantitative estimate of drug-likeness (QED) is 0.400. The van der Waals surface area contributed by atoms with E-state index in [0.717, 1.165) is 0 Å². The summed E-state index contributed by atoms with van der Waals surface area (Å²) in [7, 11) is 0. The second-order valence-corrected chi connectivity index (χ2v) is 0.997. The molecule has 2 heteroatoms. The SMILES string of the molecule is [CH]1C=NCN=C1. The van der Waals surface area contributed by atoms with Crippen LogP contribution in [0.2, 0.25) is 0 Å². The Hall–Kier alpha value is -0.660. The van der Waals surface area contributed by atoms with Crippen LogP contribution in [0.1, 0.15) is 0 Å². The van der Waals surface area contributed by atoms with Crippen molar-refractivity contribution in [1.82, 2.24) is 0 Å². The molecule has 6 heavy (non-hydrogen) atoms. The minimum Gasteiger partial charge on any atom is -0.273 e. The number of nitrogens with zero attached hydrogens (tertiary/aromatic N) is 2. The van der Waals surface area contributed by atoms with E-state index in [1.54, 1.807) is 12.4 Å². The maximum atomic E-state index is 3.80. The van der Waals surface area contributed by atoms with Gasteiger partial charge in [-0.05, 0) is 0 Å². The highest BCUT2D eigenvalue weighted by Crippen LogP contribution is 1.78. The topological polar surface area (TPSA) is 24.7 Å². The number of aliphatic imine (C=N–C) groups is 2. The molecule has 1 aliphatic rings. The van der Waals surface area contributed by atoms with Gasteiger partial charge in [-0.2, -0.15) is 0 Å². The zero-order chi connectivity index (χ0) is 4.24. The van der Waals surface area contributed by atoms with E-state index in [9.17, 15) is 0 Å². The third-order valence-corrected chi connectivity index (χ3v) is 0.546. The lowest BCUT2D eigenvalue weighted by atomic mass is 10.5. The molecule has 0 aromatic rings. The van der Waals surface area contributed by atoms with Gasteiger partial charge in [0.05, 0.1) is 0 Å². The Kier molecular flexibility index (Phi) is 0.998. The Bertz CT molecular complexity index is 63.5. The first kappa shape index (κ1) is 3.53. The van der Waals surface area contributed by atoms with Crippen LogP contribution >= 0.6 is 0 Å². The van der Waals surface area contributed by atoms with E-state index in [1.165, 1.54) is 0 Å². The Morgan fingerprint density at radius 3 is 2.00 bits per heavy atom. The van der Waals surface area contributed by atoms with E-state index < -0.39 is 0 Å². The predicted molar refractivity (Wildman–Crippen MR) is 26.2 cm³/mol. The van der Waals surface area contributed by atoms with E-state index >= 15 is 0 Å². The van der Waals surface area contributed by atoms with Gasteiger partial charge >= 0.3 is 0 Å². The van der Waals surface area contributed by atoms with Crippen LogP contribution in [0.5, 0.6) is 0 Å². The van der Waals surface area contributed by atoms with Crippen molar-refractivity contribution in [3.8, 4) is 0 Å². The van der Waals surface area contributed by atoms with Crippen LogP contribution in [0, 0.1) is 6.42 Å². The van der Waals surface area contributed by atoms with Crippen LogP contribution in [0.25, 0.3) is 0 Å².